The Bertz CT molecular complexity index is 599. The van der Waals surface area contributed by atoms with E-state index < -0.39 is 6.10 Å². The summed E-state index contributed by atoms with van der Waals surface area (Å²) in [5.74, 6) is 0. The van der Waals surface area contributed by atoms with Crippen molar-refractivity contribution in [1.29, 1.82) is 0 Å². The van der Waals surface area contributed by atoms with Crippen LogP contribution in [0.2, 0.25) is 0 Å². The van der Waals surface area contributed by atoms with Gasteiger partial charge in [0.05, 0.1) is 17.3 Å². The number of aliphatic hydroxyl groups excluding tert-OH is 1. The van der Waals surface area contributed by atoms with Crippen LogP contribution < -0.4 is 5.32 Å². The Balaban J connectivity index is 2.01. The fourth-order valence-corrected chi connectivity index (χ4v) is 2.43. The molecule has 1 heterocycles. The molecule has 0 fully saturated rings. The molecule has 0 aliphatic carbocycles. The van der Waals surface area contributed by atoms with Crippen LogP contribution in [0.4, 0.5) is 0 Å². The first kappa shape index (κ1) is 16.7. The molecule has 0 unspecified atom stereocenters. The summed E-state index contributed by atoms with van der Waals surface area (Å²) < 4.78 is 2.00. The number of nitrogens with one attached hydrogen (secondary N) is 1. The Morgan fingerprint density at radius 1 is 1.23 bits per heavy atom. The van der Waals surface area contributed by atoms with Gasteiger partial charge in [-0.1, -0.05) is 30.3 Å². The number of nitrogens with zero attached hydrogens (tertiary/aromatic N) is 2. The van der Waals surface area contributed by atoms with Gasteiger partial charge in [-0.25, -0.2) is 0 Å². The fourth-order valence-electron chi connectivity index (χ4n) is 2.43. The van der Waals surface area contributed by atoms with Gasteiger partial charge in [-0.05, 0) is 40.2 Å². The van der Waals surface area contributed by atoms with E-state index in [4.69, 9.17) is 0 Å². The summed E-state index contributed by atoms with van der Waals surface area (Å²) in [4.78, 5) is 0. The summed E-state index contributed by atoms with van der Waals surface area (Å²) in [6, 6.07) is 9.88. The Hall–Kier alpha value is -1.65. The van der Waals surface area contributed by atoms with Crippen molar-refractivity contribution in [2.75, 3.05) is 6.54 Å². The highest BCUT2D eigenvalue weighted by Gasteiger charge is 2.19. The van der Waals surface area contributed by atoms with Crippen LogP contribution in [-0.2, 0) is 5.54 Å². The second-order valence-electron chi connectivity index (χ2n) is 6.84. The molecule has 0 amide bonds. The van der Waals surface area contributed by atoms with Crippen LogP contribution in [0.5, 0.6) is 0 Å². The van der Waals surface area contributed by atoms with E-state index in [-0.39, 0.29) is 11.6 Å². The van der Waals surface area contributed by atoms with Crippen LogP contribution in [0.15, 0.2) is 36.5 Å². The summed E-state index contributed by atoms with van der Waals surface area (Å²) in [5.41, 5.74) is 3.12. The highest BCUT2D eigenvalue weighted by Crippen LogP contribution is 2.21. The first-order valence-electron chi connectivity index (χ1n) is 7.82. The third kappa shape index (κ3) is 3.96. The molecule has 1 aromatic carbocycles. The lowest BCUT2D eigenvalue weighted by molar-refractivity contribution is 0.170. The SMILES string of the molecule is Cc1nn(C(C)(C)C)cc1[C@H](C)NC[C@H](O)c1ccccc1. The minimum absolute atomic E-state index is 0.0215. The molecule has 0 saturated heterocycles. The van der Waals surface area contributed by atoms with Crippen molar-refractivity contribution in [3.05, 3.63) is 53.3 Å². The van der Waals surface area contributed by atoms with Gasteiger partial charge in [0.2, 0.25) is 0 Å². The second-order valence-corrected chi connectivity index (χ2v) is 6.84. The van der Waals surface area contributed by atoms with Crippen molar-refractivity contribution < 1.29 is 5.11 Å². The molecule has 4 heteroatoms. The van der Waals surface area contributed by atoms with E-state index in [0.717, 1.165) is 11.3 Å². The zero-order valence-electron chi connectivity index (χ0n) is 14.2. The number of hydrogen-bond donors (Lipinski definition) is 2. The normalized spacial score (nSPS) is 14.8. The highest BCUT2D eigenvalue weighted by atomic mass is 16.3. The van der Waals surface area contributed by atoms with E-state index >= 15 is 0 Å². The van der Waals surface area contributed by atoms with Crippen LogP contribution in [0.3, 0.4) is 0 Å². The number of rotatable bonds is 5. The largest absolute Gasteiger partial charge is 0.387 e. The lowest BCUT2D eigenvalue weighted by Crippen LogP contribution is -2.25. The molecule has 0 bridgehead atoms. The average Bonchev–Trinajstić information content (AvgIpc) is 2.87. The summed E-state index contributed by atoms with van der Waals surface area (Å²) in [5, 5.41) is 18.2. The molecule has 2 aromatic rings. The molecule has 2 N–H and O–H groups in total. The van der Waals surface area contributed by atoms with Crippen LogP contribution in [0.1, 0.15) is 56.7 Å². The zero-order valence-corrected chi connectivity index (χ0v) is 14.2. The van der Waals surface area contributed by atoms with E-state index in [1.165, 1.54) is 5.56 Å². The maximum absolute atomic E-state index is 10.2. The van der Waals surface area contributed by atoms with Crippen molar-refractivity contribution in [3.8, 4) is 0 Å². The van der Waals surface area contributed by atoms with E-state index in [2.05, 4.69) is 44.3 Å². The van der Waals surface area contributed by atoms with Crippen molar-refractivity contribution in [2.24, 2.45) is 0 Å². The molecule has 2 rings (SSSR count). The molecule has 0 aliphatic heterocycles. The quantitative estimate of drug-likeness (QED) is 0.890. The molecule has 4 nitrogen and oxygen atoms in total. The molecule has 22 heavy (non-hydrogen) atoms. The highest BCUT2D eigenvalue weighted by molar-refractivity contribution is 5.21. The monoisotopic (exact) mass is 301 g/mol. The van der Waals surface area contributed by atoms with Gasteiger partial charge in [-0.15, -0.1) is 0 Å². The fraction of sp³-hybridized carbons (Fsp3) is 0.500. The standard InChI is InChI=1S/C18H27N3O/c1-13(16-12-21(18(3,4)5)20-14(16)2)19-11-17(22)15-9-7-6-8-10-15/h6-10,12-13,17,19,22H,11H2,1-5H3/t13-,17-/m0/s1. The predicted molar refractivity (Wildman–Crippen MR) is 89.8 cm³/mol. The maximum atomic E-state index is 10.2. The zero-order chi connectivity index (χ0) is 16.3. The van der Waals surface area contributed by atoms with Crippen LogP contribution in [-0.4, -0.2) is 21.4 Å². The van der Waals surface area contributed by atoms with Gasteiger partial charge in [0, 0.05) is 24.3 Å². The van der Waals surface area contributed by atoms with Crippen molar-refractivity contribution in [2.45, 2.75) is 52.3 Å². The lowest BCUT2D eigenvalue weighted by atomic mass is 10.1. The van der Waals surface area contributed by atoms with E-state index in [0.29, 0.717) is 6.54 Å². The number of aryl methyl sites for hydroxylation is 1. The molecule has 0 aliphatic rings. The maximum Gasteiger partial charge on any atom is 0.0914 e. The summed E-state index contributed by atoms with van der Waals surface area (Å²) in [6.45, 7) is 11.1. The third-order valence-corrected chi connectivity index (χ3v) is 3.89. The van der Waals surface area contributed by atoms with Gasteiger partial charge >= 0.3 is 0 Å². The summed E-state index contributed by atoms with van der Waals surface area (Å²) >= 11 is 0. The Labute approximate surface area is 133 Å². The van der Waals surface area contributed by atoms with E-state index in [9.17, 15) is 5.11 Å². The molecule has 0 saturated carbocycles. The van der Waals surface area contributed by atoms with Gasteiger partial charge in [0.25, 0.3) is 0 Å². The first-order valence-corrected chi connectivity index (χ1v) is 7.82. The number of benzene rings is 1. The number of aliphatic hydroxyl groups is 1. The van der Waals surface area contributed by atoms with Crippen LogP contribution in [0, 0.1) is 6.92 Å². The topological polar surface area (TPSA) is 50.1 Å². The Kier molecular flexibility index (Phi) is 5.04. The van der Waals surface area contributed by atoms with Gasteiger partial charge in [-0.2, -0.15) is 5.10 Å². The van der Waals surface area contributed by atoms with E-state index in [1.807, 2.05) is 41.9 Å². The molecule has 1 aromatic heterocycles. The minimum Gasteiger partial charge on any atom is -0.387 e. The predicted octanol–water partition coefficient (Wildman–Crippen LogP) is 3.33. The number of hydrogen-bond acceptors (Lipinski definition) is 3. The minimum atomic E-state index is -0.499. The third-order valence-electron chi connectivity index (χ3n) is 3.89. The summed E-state index contributed by atoms with van der Waals surface area (Å²) in [6.07, 6.45) is 1.60. The number of aromatic nitrogens is 2. The molecular formula is C18H27N3O. The van der Waals surface area contributed by atoms with Crippen molar-refractivity contribution in [3.63, 3.8) is 0 Å². The molecule has 120 valence electrons. The Morgan fingerprint density at radius 3 is 2.41 bits per heavy atom. The van der Waals surface area contributed by atoms with Crippen LogP contribution >= 0.6 is 0 Å². The van der Waals surface area contributed by atoms with E-state index in [1.54, 1.807) is 0 Å². The second kappa shape index (κ2) is 6.63. The van der Waals surface area contributed by atoms with Gasteiger partial charge in [-0.3, -0.25) is 4.68 Å². The van der Waals surface area contributed by atoms with Gasteiger partial charge < -0.3 is 10.4 Å². The van der Waals surface area contributed by atoms with Crippen molar-refractivity contribution in [1.82, 2.24) is 15.1 Å². The van der Waals surface area contributed by atoms with Crippen molar-refractivity contribution >= 4 is 0 Å². The van der Waals surface area contributed by atoms with Gasteiger partial charge in [0.1, 0.15) is 0 Å². The first-order chi connectivity index (χ1) is 10.3. The summed E-state index contributed by atoms with van der Waals surface area (Å²) in [7, 11) is 0. The Morgan fingerprint density at radius 2 is 1.86 bits per heavy atom. The molecule has 2 atom stereocenters. The van der Waals surface area contributed by atoms with Gasteiger partial charge in [0.15, 0.2) is 0 Å². The smallest absolute Gasteiger partial charge is 0.0914 e. The molecule has 0 radical (unpaired) electrons. The van der Waals surface area contributed by atoms with Crippen LogP contribution in [0.25, 0.3) is 0 Å². The molecular weight excluding hydrogens is 274 g/mol. The lowest BCUT2D eigenvalue weighted by Gasteiger charge is -2.19. The average molecular weight is 301 g/mol. The molecule has 0 spiro atoms.